The molecule has 1 saturated heterocycles. The summed E-state index contributed by atoms with van der Waals surface area (Å²) in [5.74, 6) is 0.406. The van der Waals surface area contributed by atoms with Crippen LogP contribution in [0.15, 0.2) is 0 Å². The molecule has 1 aromatic heterocycles. The number of aromatic nitrogens is 2. The van der Waals surface area contributed by atoms with Gasteiger partial charge in [0.15, 0.2) is 0 Å². The number of nitrogens with zero attached hydrogens (tertiary/aromatic N) is 4. The third-order valence-electron chi connectivity index (χ3n) is 5.19. The van der Waals surface area contributed by atoms with Crippen LogP contribution in [-0.4, -0.2) is 64.1 Å². The largest absolute Gasteiger partial charge is 0.353 e. The first kappa shape index (κ1) is 21.4. The van der Waals surface area contributed by atoms with Gasteiger partial charge in [-0.3, -0.25) is 19.2 Å². The fourth-order valence-electron chi connectivity index (χ4n) is 3.75. The predicted octanol–water partition coefficient (Wildman–Crippen LogP) is 1.89. The van der Waals surface area contributed by atoms with Crippen molar-refractivity contribution < 1.29 is 9.59 Å². The van der Waals surface area contributed by atoms with E-state index in [4.69, 9.17) is 0 Å². The summed E-state index contributed by atoms with van der Waals surface area (Å²) in [7, 11) is 1.81. The van der Waals surface area contributed by atoms with Crippen LogP contribution in [0.4, 0.5) is 0 Å². The van der Waals surface area contributed by atoms with Gasteiger partial charge in [0.25, 0.3) is 0 Å². The van der Waals surface area contributed by atoms with Gasteiger partial charge in [-0.05, 0) is 33.6 Å². The molecule has 1 fully saturated rings. The van der Waals surface area contributed by atoms with Gasteiger partial charge in [-0.2, -0.15) is 5.10 Å². The van der Waals surface area contributed by atoms with Gasteiger partial charge in [0, 0.05) is 50.5 Å². The molecule has 2 rings (SSSR count). The molecule has 0 radical (unpaired) electrons. The lowest BCUT2D eigenvalue weighted by atomic mass is 10.1. The maximum absolute atomic E-state index is 12.8. The molecule has 1 N–H and O–H groups in total. The van der Waals surface area contributed by atoms with E-state index in [0.717, 1.165) is 30.0 Å². The molecule has 1 aromatic rings. The average Bonchev–Trinajstić information content (AvgIpc) is 2.85. The van der Waals surface area contributed by atoms with Crippen molar-refractivity contribution in [3.63, 3.8) is 0 Å². The molecule has 0 bridgehead atoms. The number of nitrogens with one attached hydrogen (secondary N) is 1. The maximum Gasteiger partial charge on any atom is 0.237 e. The Bertz CT molecular complexity index is 680. The van der Waals surface area contributed by atoms with Gasteiger partial charge in [0.2, 0.25) is 11.8 Å². The van der Waals surface area contributed by atoms with E-state index in [1.54, 1.807) is 11.9 Å². The van der Waals surface area contributed by atoms with E-state index < -0.39 is 0 Å². The van der Waals surface area contributed by atoms with E-state index >= 15 is 0 Å². The van der Waals surface area contributed by atoms with Gasteiger partial charge in [-0.15, -0.1) is 0 Å². The summed E-state index contributed by atoms with van der Waals surface area (Å²) in [5.41, 5.74) is 3.14. The molecule has 0 aliphatic carbocycles. The molecule has 27 heavy (non-hydrogen) atoms. The van der Waals surface area contributed by atoms with Crippen LogP contribution in [0.5, 0.6) is 0 Å². The number of aryl methyl sites for hydroxylation is 1. The molecule has 2 heterocycles. The first-order chi connectivity index (χ1) is 12.6. The highest BCUT2D eigenvalue weighted by Crippen LogP contribution is 2.20. The maximum atomic E-state index is 12.8. The minimum atomic E-state index is -0.378. The second-order valence-corrected chi connectivity index (χ2v) is 8.34. The van der Waals surface area contributed by atoms with Crippen LogP contribution < -0.4 is 5.32 Å². The zero-order chi connectivity index (χ0) is 20.3. The summed E-state index contributed by atoms with van der Waals surface area (Å²) in [5, 5.41) is 7.50. The lowest BCUT2D eigenvalue weighted by Crippen LogP contribution is -2.57. The van der Waals surface area contributed by atoms with Crippen LogP contribution in [0.25, 0.3) is 0 Å². The molecule has 2 amide bonds. The summed E-state index contributed by atoms with van der Waals surface area (Å²) < 4.78 is 2.00. The van der Waals surface area contributed by atoms with Crippen molar-refractivity contribution in [3.05, 3.63) is 17.0 Å². The van der Waals surface area contributed by atoms with Crippen molar-refractivity contribution >= 4 is 11.8 Å². The second-order valence-electron chi connectivity index (χ2n) is 8.34. The van der Waals surface area contributed by atoms with E-state index in [-0.39, 0.29) is 30.3 Å². The Kier molecular flexibility index (Phi) is 7.03. The number of hydrogen-bond donors (Lipinski definition) is 1. The van der Waals surface area contributed by atoms with Crippen LogP contribution in [0, 0.1) is 19.8 Å². The number of carbonyl (C=O) groups excluding carboxylic acids is 2. The third kappa shape index (κ3) is 5.09. The Morgan fingerprint density at radius 2 is 1.96 bits per heavy atom. The van der Waals surface area contributed by atoms with E-state index in [9.17, 15) is 9.59 Å². The number of carbonyl (C=O) groups is 2. The van der Waals surface area contributed by atoms with E-state index in [2.05, 4.69) is 43.0 Å². The molecule has 0 spiro atoms. The quantitative estimate of drug-likeness (QED) is 0.788. The van der Waals surface area contributed by atoms with E-state index in [1.165, 1.54) is 0 Å². The van der Waals surface area contributed by atoms with Gasteiger partial charge < -0.3 is 10.2 Å². The number of amides is 2. The molecule has 152 valence electrons. The van der Waals surface area contributed by atoms with Gasteiger partial charge in [0.05, 0.1) is 18.2 Å². The van der Waals surface area contributed by atoms with Crippen molar-refractivity contribution in [2.75, 3.05) is 26.7 Å². The zero-order valence-electron chi connectivity index (χ0n) is 17.9. The highest BCUT2D eigenvalue weighted by molar-refractivity contribution is 5.88. The topological polar surface area (TPSA) is 70.5 Å². The van der Waals surface area contributed by atoms with Crippen molar-refractivity contribution in [2.45, 2.75) is 66.6 Å². The summed E-state index contributed by atoms with van der Waals surface area (Å²) in [6.07, 6.45) is 0.214. The van der Waals surface area contributed by atoms with Gasteiger partial charge in [-0.1, -0.05) is 13.8 Å². The van der Waals surface area contributed by atoms with Crippen LogP contribution >= 0.6 is 0 Å². The van der Waals surface area contributed by atoms with Crippen LogP contribution in [0.2, 0.25) is 0 Å². The van der Waals surface area contributed by atoms with Crippen LogP contribution in [0.3, 0.4) is 0 Å². The zero-order valence-corrected chi connectivity index (χ0v) is 17.9. The summed E-state index contributed by atoms with van der Waals surface area (Å²) in [4.78, 5) is 29.1. The molecule has 0 unspecified atom stereocenters. The summed E-state index contributed by atoms with van der Waals surface area (Å²) >= 11 is 0. The highest BCUT2D eigenvalue weighted by Gasteiger charge is 2.32. The minimum Gasteiger partial charge on any atom is -0.353 e. The first-order valence-electron chi connectivity index (χ1n) is 9.92. The lowest BCUT2D eigenvalue weighted by molar-refractivity contribution is -0.138. The SMILES string of the molecule is Cc1nn(C(C)C)c(C)c1CN(C)C(=O)C[C@@H]1C(=O)NCCN1CC(C)C. The minimum absolute atomic E-state index is 0.0121. The monoisotopic (exact) mass is 377 g/mol. The van der Waals surface area contributed by atoms with Crippen LogP contribution in [0.1, 0.15) is 57.1 Å². The Labute approximate surface area is 163 Å². The molecule has 7 heteroatoms. The van der Waals surface area contributed by atoms with Gasteiger partial charge in [-0.25, -0.2) is 0 Å². The van der Waals surface area contributed by atoms with Crippen molar-refractivity contribution in [1.29, 1.82) is 0 Å². The summed E-state index contributed by atoms with van der Waals surface area (Å²) in [6, 6.07) is -0.0920. The fourth-order valence-corrected chi connectivity index (χ4v) is 3.75. The molecule has 0 aromatic carbocycles. The Morgan fingerprint density at radius 1 is 1.30 bits per heavy atom. The second kappa shape index (κ2) is 8.87. The number of hydrogen-bond acceptors (Lipinski definition) is 4. The smallest absolute Gasteiger partial charge is 0.237 e. The van der Waals surface area contributed by atoms with Crippen molar-refractivity contribution in [3.8, 4) is 0 Å². The molecule has 7 nitrogen and oxygen atoms in total. The Balaban J connectivity index is 2.07. The third-order valence-corrected chi connectivity index (χ3v) is 5.19. The molecule has 0 saturated carbocycles. The van der Waals surface area contributed by atoms with Crippen molar-refractivity contribution in [1.82, 2.24) is 24.9 Å². The predicted molar refractivity (Wildman–Crippen MR) is 106 cm³/mol. The van der Waals surface area contributed by atoms with Gasteiger partial charge in [0.1, 0.15) is 0 Å². The normalized spacial score (nSPS) is 18.3. The molecular formula is C20H35N5O2. The first-order valence-corrected chi connectivity index (χ1v) is 9.92. The Hall–Kier alpha value is -1.89. The molecule has 1 aliphatic rings. The fraction of sp³-hybridized carbons (Fsp3) is 0.750. The average molecular weight is 378 g/mol. The van der Waals surface area contributed by atoms with Crippen LogP contribution in [-0.2, 0) is 16.1 Å². The Morgan fingerprint density at radius 3 is 2.52 bits per heavy atom. The highest BCUT2D eigenvalue weighted by atomic mass is 16.2. The lowest BCUT2D eigenvalue weighted by Gasteiger charge is -2.36. The van der Waals surface area contributed by atoms with Crippen molar-refractivity contribution in [2.24, 2.45) is 5.92 Å². The van der Waals surface area contributed by atoms with Gasteiger partial charge >= 0.3 is 0 Å². The standard InChI is InChI=1S/C20H35N5O2/c1-13(2)11-24-9-8-21-20(27)18(24)10-19(26)23(7)12-17-15(5)22-25(14(3)4)16(17)6/h13-14,18H,8-12H2,1-7H3,(H,21,27)/t18-/m1/s1. The molecule has 1 atom stereocenters. The molecule has 1 aliphatic heterocycles. The molecular weight excluding hydrogens is 342 g/mol. The number of piperazine rings is 1. The summed E-state index contributed by atoms with van der Waals surface area (Å²) in [6.45, 7) is 15.3. The van der Waals surface area contributed by atoms with E-state index in [0.29, 0.717) is 19.0 Å². The number of rotatable bonds is 7. The van der Waals surface area contributed by atoms with E-state index in [1.807, 2.05) is 18.5 Å².